The highest BCUT2D eigenvalue weighted by molar-refractivity contribution is 5.68. The first-order chi connectivity index (χ1) is 12.2. The van der Waals surface area contributed by atoms with E-state index in [0.29, 0.717) is 18.9 Å². The molecule has 26 heavy (non-hydrogen) atoms. The summed E-state index contributed by atoms with van der Waals surface area (Å²) in [5.41, 5.74) is 0.876. The third-order valence-corrected chi connectivity index (χ3v) is 5.29. The molecule has 5 heteroatoms. The van der Waals surface area contributed by atoms with Gasteiger partial charge in [0, 0.05) is 24.7 Å². The van der Waals surface area contributed by atoms with Gasteiger partial charge in [0.1, 0.15) is 12.4 Å². The number of rotatable bonds is 5. The minimum absolute atomic E-state index is 0.220. The number of aryl methyl sites for hydroxylation is 1. The standard InChI is InChI=1S/C21H30N2O3/c1-6-7-8-9-10-17-13-18(16(2)22-14-17)26-15-21(20(3,4)5)11-12-23(21)19(24)25/h13-14H,6-8,11-12,15H2,1-5H3,(H,24,25)/t21-/m0/s1. The van der Waals surface area contributed by atoms with Crippen LogP contribution in [0, 0.1) is 24.2 Å². The lowest BCUT2D eigenvalue weighted by Crippen LogP contribution is -2.70. The van der Waals surface area contributed by atoms with Gasteiger partial charge >= 0.3 is 6.09 Å². The second kappa shape index (κ2) is 7.99. The Labute approximate surface area is 156 Å². The van der Waals surface area contributed by atoms with E-state index < -0.39 is 11.6 Å². The van der Waals surface area contributed by atoms with E-state index >= 15 is 0 Å². The second-order valence-electron chi connectivity index (χ2n) is 7.97. The maximum absolute atomic E-state index is 11.6. The van der Waals surface area contributed by atoms with Crippen LogP contribution in [-0.2, 0) is 0 Å². The molecule has 1 N–H and O–H groups in total. The number of amides is 1. The fraction of sp³-hybridized carbons (Fsp3) is 0.619. The Morgan fingerprint density at radius 2 is 2.19 bits per heavy atom. The molecule has 1 aliphatic rings. The molecule has 1 aliphatic heterocycles. The summed E-state index contributed by atoms with van der Waals surface area (Å²) in [5.74, 6) is 6.97. The predicted octanol–water partition coefficient (Wildman–Crippen LogP) is 4.48. The largest absolute Gasteiger partial charge is 0.489 e. The summed E-state index contributed by atoms with van der Waals surface area (Å²) in [5, 5.41) is 9.51. The molecule has 5 nitrogen and oxygen atoms in total. The van der Waals surface area contributed by atoms with Gasteiger partial charge in [0.2, 0.25) is 0 Å². The van der Waals surface area contributed by atoms with Crippen LogP contribution in [-0.4, -0.2) is 39.8 Å². The average Bonchev–Trinajstić information content (AvgIpc) is 2.51. The SMILES string of the molecule is CCCCC#Cc1cnc(C)c(OC[C@]2(C(C)(C)C)CCN2C(=O)O)c1. The van der Waals surface area contributed by atoms with Gasteiger partial charge in [-0.25, -0.2) is 4.79 Å². The minimum atomic E-state index is -0.889. The summed E-state index contributed by atoms with van der Waals surface area (Å²) in [6.45, 7) is 11.1. The van der Waals surface area contributed by atoms with Crippen molar-refractivity contribution in [2.24, 2.45) is 5.41 Å². The molecule has 2 rings (SSSR count). The Kier molecular flexibility index (Phi) is 6.17. The zero-order valence-electron chi connectivity index (χ0n) is 16.6. The molecule has 1 atom stereocenters. The molecule has 0 spiro atoms. The predicted molar refractivity (Wildman–Crippen MR) is 102 cm³/mol. The quantitative estimate of drug-likeness (QED) is 0.623. The van der Waals surface area contributed by atoms with Crippen LogP contribution in [0.3, 0.4) is 0 Å². The molecular weight excluding hydrogens is 328 g/mol. The Hall–Kier alpha value is -2.22. The molecule has 1 fully saturated rings. The summed E-state index contributed by atoms with van der Waals surface area (Å²) >= 11 is 0. The van der Waals surface area contributed by atoms with E-state index in [0.717, 1.165) is 36.9 Å². The number of pyridine rings is 1. The van der Waals surface area contributed by atoms with Crippen LogP contribution in [0.2, 0.25) is 0 Å². The lowest BCUT2D eigenvalue weighted by molar-refractivity contribution is -0.0962. The highest BCUT2D eigenvalue weighted by atomic mass is 16.5. The number of ether oxygens (including phenoxy) is 1. The Morgan fingerprint density at radius 3 is 2.73 bits per heavy atom. The molecular formula is C21H30N2O3. The molecule has 1 saturated heterocycles. The van der Waals surface area contributed by atoms with Gasteiger partial charge in [-0.1, -0.05) is 46.0 Å². The van der Waals surface area contributed by atoms with Gasteiger partial charge in [0.25, 0.3) is 0 Å². The third-order valence-electron chi connectivity index (χ3n) is 5.29. The molecule has 142 valence electrons. The molecule has 1 amide bonds. The van der Waals surface area contributed by atoms with Crippen molar-refractivity contribution in [1.29, 1.82) is 0 Å². The summed E-state index contributed by atoms with van der Waals surface area (Å²) in [6.07, 6.45) is 4.76. The third kappa shape index (κ3) is 4.12. The smallest absolute Gasteiger partial charge is 0.407 e. The summed E-state index contributed by atoms with van der Waals surface area (Å²) in [4.78, 5) is 17.5. The van der Waals surface area contributed by atoms with Crippen LogP contribution >= 0.6 is 0 Å². The molecule has 0 bridgehead atoms. The highest BCUT2D eigenvalue weighted by Gasteiger charge is 2.56. The normalized spacial score (nSPS) is 19.3. The summed E-state index contributed by atoms with van der Waals surface area (Å²) < 4.78 is 6.08. The van der Waals surface area contributed by atoms with Crippen LogP contribution in [0.5, 0.6) is 5.75 Å². The van der Waals surface area contributed by atoms with Crippen molar-refractivity contribution < 1.29 is 14.6 Å². The second-order valence-corrected chi connectivity index (χ2v) is 7.97. The fourth-order valence-corrected chi connectivity index (χ4v) is 3.27. The van der Waals surface area contributed by atoms with Gasteiger partial charge < -0.3 is 9.84 Å². The van der Waals surface area contributed by atoms with Crippen LogP contribution in [0.4, 0.5) is 4.79 Å². The molecule has 0 aliphatic carbocycles. The summed E-state index contributed by atoms with van der Waals surface area (Å²) in [7, 11) is 0. The van der Waals surface area contributed by atoms with E-state index in [2.05, 4.69) is 44.5 Å². The number of unbranched alkanes of at least 4 members (excludes halogenated alkanes) is 2. The lowest BCUT2D eigenvalue weighted by Gasteiger charge is -2.58. The van der Waals surface area contributed by atoms with E-state index in [1.54, 1.807) is 6.20 Å². The molecule has 1 aromatic heterocycles. The number of carboxylic acid groups (broad SMARTS) is 1. The highest BCUT2D eigenvalue weighted by Crippen LogP contribution is 2.45. The molecule has 0 aromatic carbocycles. The van der Waals surface area contributed by atoms with Crippen LogP contribution < -0.4 is 4.74 Å². The van der Waals surface area contributed by atoms with Gasteiger partial charge in [-0.05, 0) is 31.2 Å². The fourth-order valence-electron chi connectivity index (χ4n) is 3.27. The number of likely N-dealkylation sites (tertiary alicyclic amines) is 1. The maximum Gasteiger partial charge on any atom is 0.407 e. The Bertz CT molecular complexity index is 712. The van der Waals surface area contributed by atoms with Crippen molar-refractivity contribution in [3.8, 4) is 17.6 Å². The van der Waals surface area contributed by atoms with Crippen molar-refractivity contribution in [2.75, 3.05) is 13.2 Å². The van der Waals surface area contributed by atoms with E-state index in [-0.39, 0.29) is 5.41 Å². The average molecular weight is 358 g/mol. The molecule has 0 saturated carbocycles. The number of hydrogen-bond acceptors (Lipinski definition) is 3. The van der Waals surface area contributed by atoms with Crippen molar-refractivity contribution in [3.63, 3.8) is 0 Å². The van der Waals surface area contributed by atoms with Crippen molar-refractivity contribution in [3.05, 3.63) is 23.5 Å². The van der Waals surface area contributed by atoms with Gasteiger partial charge in [-0.3, -0.25) is 9.88 Å². The van der Waals surface area contributed by atoms with Crippen LogP contribution in [0.1, 0.15) is 64.6 Å². The molecule has 1 aromatic rings. The van der Waals surface area contributed by atoms with E-state index in [1.807, 2.05) is 13.0 Å². The molecule has 0 unspecified atom stereocenters. The lowest BCUT2D eigenvalue weighted by atomic mass is 9.66. The molecule has 0 radical (unpaired) electrons. The number of hydrogen-bond donors (Lipinski definition) is 1. The monoisotopic (exact) mass is 358 g/mol. The first-order valence-electron chi connectivity index (χ1n) is 9.30. The van der Waals surface area contributed by atoms with Gasteiger partial charge in [0.05, 0.1) is 11.2 Å². The Morgan fingerprint density at radius 1 is 1.46 bits per heavy atom. The number of nitrogens with zero attached hydrogens (tertiary/aromatic N) is 2. The first-order valence-corrected chi connectivity index (χ1v) is 9.30. The number of carbonyl (C=O) groups is 1. The first kappa shape index (κ1) is 20.1. The van der Waals surface area contributed by atoms with E-state index in [9.17, 15) is 9.90 Å². The Balaban J connectivity index is 2.16. The molecule has 2 heterocycles. The zero-order chi connectivity index (χ0) is 19.4. The number of aromatic nitrogens is 1. The van der Waals surface area contributed by atoms with Crippen molar-refractivity contribution in [1.82, 2.24) is 9.88 Å². The van der Waals surface area contributed by atoms with E-state index in [4.69, 9.17) is 4.74 Å². The minimum Gasteiger partial charge on any atom is -0.489 e. The van der Waals surface area contributed by atoms with Crippen LogP contribution in [0.25, 0.3) is 0 Å². The van der Waals surface area contributed by atoms with Crippen molar-refractivity contribution >= 4 is 6.09 Å². The topological polar surface area (TPSA) is 62.7 Å². The van der Waals surface area contributed by atoms with Gasteiger partial charge in [0.15, 0.2) is 0 Å². The van der Waals surface area contributed by atoms with Crippen molar-refractivity contribution in [2.45, 2.75) is 65.8 Å². The van der Waals surface area contributed by atoms with Gasteiger partial charge in [-0.2, -0.15) is 0 Å². The van der Waals surface area contributed by atoms with E-state index in [1.165, 1.54) is 4.90 Å². The maximum atomic E-state index is 11.6. The van der Waals surface area contributed by atoms with Gasteiger partial charge in [-0.15, -0.1) is 0 Å². The van der Waals surface area contributed by atoms with Crippen LogP contribution in [0.15, 0.2) is 12.3 Å². The zero-order valence-corrected chi connectivity index (χ0v) is 16.6. The summed E-state index contributed by atoms with van der Waals surface area (Å²) in [6, 6.07) is 1.90.